The predicted octanol–water partition coefficient (Wildman–Crippen LogP) is 2.26. The highest BCUT2D eigenvalue weighted by molar-refractivity contribution is 4.87. The van der Waals surface area contributed by atoms with Gasteiger partial charge >= 0.3 is 0 Å². The van der Waals surface area contributed by atoms with E-state index in [0.29, 0.717) is 23.7 Å². The van der Waals surface area contributed by atoms with E-state index in [1.165, 1.54) is 25.8 Å². The summed E-state index contributed by atoms with van der Waals surface area (Å²) in [6.07, 6.45) is 4.68. The second kappa shape index (κ2) is 5.89. The first-order valence-corrected chi connectivity index (χ1v) is 7.56. The predicted molar refractivity (Wildman–Crippen MR) is 75.9 cm³/mol. The maximum absolute atomic E-state index is 5.96. The second-order valence-corrected chi connectivity index (χ2v) is 7.13. The van der Waals surface area contributed by atoms with E-state index in [2.05, 4.69) is 37.9 Å². The Hall–Kier alpha value is -0.120. The van der Waals surface area contributed by atoms with Crippen LogP contribution >= 0.6 is 0 Å². The third-order valence-corrected chi connectivity index (χ3v) is 4.31. The molecule has 0 bridgehead atoms. The van der Waals surface area contributed by atoms with Gasteiger partial charge in [-0.15, -0.1) is 0 Å². The average molecular weight is 254 g/mol. The summed E-state index contributed by atoms with van der Waals surface area (Å²) in [5.41, 5.74) is 0.340. The van der Waals surface area contributed by atoms with Crippen LogP contribution < -0.4 is 5.32 Å². The molecule has 3 unspecified atom stereocenters. The Labute approximate surface area is 112 Å². The first-order chi connectivity index (χ1) is 8.45. The van der Waals surface area contributed by atoms with Gasteiger partial charge in [0.25, 0.3) is 0 Å². The zero-order valence-corrected chi connectivity index (χ0v) is 12.5. The van der Waals surface area contributed by atoms with Crippen molar-refractivity contribution in [1.29, 1.82) is 0 Å². The molecule has 2 aliphatic rings. The smallest absolute Gasteiger partial charge is 0.0706 e. The first kappa shape index (κ1) is 14.3. The van der Waals surface area contributed by atoms with Crippen molar-refractivity contribution in [1.82, 2.24) is 10.2 Å². The van der Waals surface area contributed by atoms with Gasteiger partial charge in [0.15, 0.2) is 0 Å². The van der Waals surface area contributed by atoms with Gasteiger partial charge in [0, 0.05) is 19.1 Å². The van der Waals surface area contributed by atoms with Gasteiger partial charge in [-0.05, 0) is 44.7 Å². The molecule has 3 nitrogen and oxygen atoms in total. The van der Waals surface area contributed by atoms with Crippen LogP contribution in [0.4, 0.5) is 0 Å². The lowest BCUT2D eigenvalue weighted by atomic mass is 9.86. The molecule has 0 aromatic rings. The zero-order valence-electron chi connectivity index (χ0n) is 12.5. The van der Waals surface area contributed by atoms with Crippen molar-refractivity contribution < 1.29 is 4.74 Å². The molecular formula is C15H30N2O. The molecule has 2 heterocycles. The lowest BCUT2D eigenvalue weighted by Gasteiger charge is -2.34. The van der Waals surface area contributed by atoms with Crippen molar-refractivity contribution in [3.05, 3.63) is 0 Å². The molecule has 0 spiro atoms. The highest BCUT2D eigenvalue weighted by Crippen LogP contribution is 2.24. The van der Waals surface area contributed by atoms with Crippen molar-refractivity contribution in [3.8, 4) is 0 Å². The Bertz CT molecular complexity index is 262. The van der Waals surface area contributed by atoms with Crippen LogP contribution in [-0.4, -0.2) is 49.3 Å². The van der Waals surface area contributed by atoms with Gasteiger partial charge < -0.3 is 10.1 Å². The molecule has 0 aliphatic carbocycles. The molecule has 2 rings (SSSR count). The van der Waals surface area contributed by atoms with E-state index in [1.54, 1.807) is 0 Å². The molecule has 106 valence electrons. The third-order valence-electron chi connectivity index (χ3n) is 4.31. The van der Waals surface area contributed by atoms with E-state index in [0.717, 1.165) is 19.6 Å². The third kappa shape index (κ3) is 3.94. The maximum Gasteiger partial charge on any atom is 0.0706 e. The summed E-state index contributed by atoms with van der Waals surface area (Å²) in [4.78, 5) is 2.61. The molecule has 18 heavy (non-hydrogen) atoms. The lowest BCUT2D eigenvalue weighted by Crippen LogP contribution is -2.47. The SMILES string of the molecule is CC1CCC(CN2CCCNC(C(C)(C)C)C2)O1. The normalized spacial score (nSPS) is 35.7. The Morgan fingerprint density at radius 1 is 1.28 bits per heavy atom. The van der Waals surface area contributed by atoms with Crippen molar-refractivity contribution in [3.63, 3.8) is 0 Å². The molecule has 0 aromatic carbocycles. The minimum absolute atomic E-state index is 0.340. The minimum atomic E-state index is 0.340. The van der Waals surface area contributed by atoms with E-state index in [9.17, 15) is 0 Å². The maximum atomic E-state index is 5.96. The van der Waals surface area contributed by atoms with E-state index in [-0.39, 0.29) is 0 Å². The highest BCUT2D eigenvalue weighted by atomic mass is 16.5. The highest BCUT2D eigenvalue weighted by Gasteiger charge is 2.30. The van der Waals surface area contributed by atoms with Crippen LogP contribution in [0, 0.1) is 5.41 Å². The van der Waals surface area contributed by atoms with Gasteiger partial charge in [-0.1, -0.05) is 20.8 Å². The molecule has 2 aliphatic heterocycles. The molecule has 2 fully saturated rings. The first-order valence-electron chi connectivity index (χ1n) is 7.56. The molecule has 1 N–H and O–H groups in total. The Balaban J connectivity index is 1.87. The van der Waals surface area contributed by atoms with Gasteiger partial charge in [0.2, 0.25) is 0 Å². The number of rotatable bonds is 2. The molecule has 3 atom stereocenters. The van der Waals surface area contributed by atoms with Crippen molar-refractivity contribution >= 4 is 0 Å². The van der Waals surface area contributed by atoms with Gasteiger partial charge in [-0.3, -0.25) is 4.90 Å². The van der Waals surface area contributed by atoms with Gasteiger partial charge in [-0.25, -0.2) is 0 Å². The minimum Gasteiger partial charge on any atom is -0.374 e. The topological polar surface area (TPSA) is 24.5 Å². The van der Waals surface area contributed by atoms with E-state index in [1.807, 2.05) is 0 Å². The summed E-state index contributed by atoms with van der Waals surface area (Å²) >= 11 is 0. The van der Waals surface area contributed by atoms with Crippen LogP contribution in [0.5, 0.6) is 0 Å². The summed E-state index contributed by atoms with van der Waals surface area (Å²) in [6.45, 7) is 13.9. The largest absolute Gasteiger partial charge is 0.374 e. The zero-order chi connectivity index (χ0) is 13.2. The Kier molecular flexibility index (Phi) is 4.68. The molecule has 3 heteroatoms. The number of hydrogen-bond acceptors (Lipinski definition) is 3. The molecular weight excluding hydrogens is 224 g/mol. The summed E-state index contributed by atoms with van der Waals surface area (Å²) < 4.78 is 5.96. The summed E-state index contributed by atoms with van der Waals surface area (Å²) in [5, 5.41) is 3.70. The van der Waals surface area contributed by atoms with Crippen molar-refractivity contribution in [2.45, 2.75) is 65.2 Å². The van der Waals surface area contributed by atoms with Crippen LogP contribution in [0.1, 0.15) is 47.0 Å². The average Bonchev–Trinajstić information content (AvgIpc) is 2.53. The number of nitrogens with zero attached hydrogens (tertiary/aromatic N) is 1. The van der Waals surface area contributed by atoms with Crippen molar-refractivity contribution in [2.75, 3.05) is 26.2 Å². The van der Waals surface area contributed by atoms with E-state index < -0.39 is 0 Å². The number of hydrogen-bond donors (Lipinski definition) is 1. The molecule has 0 radical (unpaired) electrons. The van der Waals surface area contributed by atoms with Crippen LogP contribution in [0.25, 0.3) is 0 Å². The van der Waals surface area contributed by atoms with Crippen LogP contribution in [0.3, 0.4) is 0 Å². The summed E-state index contributed by atoms with van der Waals surface area (Å²) in [5.74, 6) is 0. The summed E-state index contributed by atoms with van der Waals surface area (Å²) in [6, 6.07) is 0.596. The van der Waals surface area contributed by atoms with Crippen LogP contribution in [0.2, 0.25) is 0 Å². The van der Waals surface area contributed by atoms with E-state index >= 15 is 0 Å². The van der Waals surface area contributed by atoms with Crippen LogP contribution in [0.15, 0.2) is 0 Å². The molecule has 2 saturated heterocycles. The van der Waals surface area contributed by atoms with Gasteiger partial charge in [0.05, 0.1) is 12.2 Å². The molecule has 0 amide bonds. The van der Waals surface area contributed by atoms with E-state index in [4.69, 9.17) is 4.74 Å². The fourth-order valence-electron chi connectivity index (χ4n) is 3.05. The quantitative estimate of drug-likeness (QED) is 0.818. The number of nitrogens with one attached hydrogen (secondary N) is 1. The fraction of sp³-hybridized carbons (Fsp3) is 1.00. The van der Waals surface area contributed by atoms with Crippen LogP contribution in [-0.2, 0) is 4.74 Å². The standard InChI is InChI=1S/C15H30N2O/c1-12-6-7-13(18-12)10-17-9-5-8-16-14(11-17)15(2,3)4/h12-14,16H,5-11H2,1-4H3. The molecule has 0 saturated carbocycles. The number of ether oxygens (including phenoxy) is 1. The van der Waals surface area contributed by atoms with Gasteiger partial charge in [-0.2, -0.15) is 0 Å². The fourth-order valence-corrected chi connectivity index (χ4v) is 3.05. The summed E-state index contributed by atoms with van der Waals surface area (Å²) in [7, 11) is 0. The lowest BCUT2D eigenvalue weighted by molar-refractivity contribution is 0.0286. The molecule has 0 aromatic heterocycles. The second-order valence-electron chi connectivity index (χ2n) is 7.13. The Morgan fingerprint density at radius 2 is 2.06 bits per heavy atom. The Morgan fingerprint density at radius 3 is 2.67 bits per heavy atom. The monoisotopic (exact) mass is 254 g/mol. The van der Waals surface area contributed by atoms with Crippen molar-refractivity contribution in [2.24, 2.45) is 5.41 Å². The van der Waals surface area contributed by atoms with Gasteiger partial charge in [0.1, 0.15) is 0 Å².